The SMILES string of the molecule is O=[N+]([O-])c1ncccc1OCc1cc(F)cc2cccnc12. The van der Waals surface area contributed by atoms with Crippen LogP contribution in [0.5, 0.6) is 5.75 Å². The average molecular weight is 299 g/mol. The molecule has 6 nitrogen and oxygen atoms in total. The lowest BCUT2D eigenvalue weighted by atomic mass is 10.1. The molecule has 0 N–H and O–H groups in total. The number of hydrogen-bond donors (Lipinski definition) is 0. The summed E-state index contributed by atoms with van der Waals surface area (Å²) in [5, 5.41) is 11.5. The number of pyridine rings is 2. The number of aromatic nitrogens is 2. The summed E-state index contributed by atoms with van der Waals surface area (Å²) < 4.78 is 19.1. The Hall–Kier alpha value is -3.09. The van der Waals surface area contributed by atoms with Gasteiger partial charge < -0.3 is 14.9 Å². The number of fused-ring (bicyclic) bond motifs is 1. The molecule has 0 bridgehead atoms. The monoisotopic (exact) mass is 299 g/mol. The molecule has 0 saturated carbocycles. The molecule has 3 rings (SSSR count). The first-order valence-electron chi connectivity index (χ1n) is 6.40. The molecule has 110 valence electrons. The van der Waals surface area contributed by atoms with Gasteiger partial charge in [0.15, 0.2) is 0 Å². The lowest BCUT2D eigenvalue weighted by Gasteiger charge is -2.08. The van der Waals surface area contributed by atoms with Crippen LogP contribution < -0.4 is 4.74 Å². The Morgan fingerprint density at radius 2 is 1.95 bits per heavy atom. The van der Waals surface area contributed by atoms with Crippen LogP contribution in [0.1, 0.15) is 5.56 Å². The van der Waals surface area contributed by atoms with Gasteiger partial charge in [-0.2, -0.15) is 0 Å². The minimum Gasteiger partial charge on any atom is -0.481 e. The van der Waals surface area contributed by atoms with Gasteiger partial charge in [0.1, 0.15) is 18.6 Å². The third-order valence-electron chi connectivity index (χ3n) is 3.06. The summed E-state index contributed by atoms with van der Waals surface area (Å²) in [4.78, 5) is 18.1. The maximum Gasteiger partial charge on any atom is 0.406 e. The highest BCUT2D eigenvalue weighted by atomic mass is 19.1. The summed E-state index contributed by atoms with van der Waals surface area (Å²) in [5.74, 6) is -0.767. The predicted octanol–water partition coefficient (Wildman–Crippen LogP) is 3.26. The van der Waals surface area contributed by atoms with Crippen molar-refractivity contribution in [2.75, 3.05) is 0 Å². The highest BCUT2D eigenvalue weighted by molar-refractivity contribution is 5.81. The molecule has 2 aromatic heterocycles. The largest absolute Gasteiger partial charge is 0.481 e. The average Bonchev–Trinajstić information content (AvgIpc) is 2.52. The lowest BCUT2D eigenvalue weighted by molar-refractivity contribution is -0.390. The lowest BCUT2D eigenvalue weighted by Crippen LogP contribution is -2.02. The molecule has 0 aliphatic heterocycles. The molecular formula is C15H10FN3O3. The van der Waals surface area contributed by atoms with E-state index in [4.69, 9.17) is 4.74 Å². The van der Waals surface area contributed by atoms with Crippen LogP contribution in [0.25, 0.3) is 10.9 Å². The molecule has 0 fully saturated rings. The summed E-state index contributed by atoms with van der Waals surface area (Å²) >= 11 is 0. The van der Waals surface area contributed by atoms with Crippen LogP contribution in [0, 0.1) is 15.9 Å². The number of nitrogens with zero attached hydrogens (tertiary/aromatic N) is 3. The van der Waals surface area contributed by atoms with Crippen molar-refractivity contribution in [3.63, 3.8) is 0 Å². The molecule has 0 unspecified atom stereocenters. The predicted molar refractivity (Wildman–Crippen MR) is 76.9 cm³/mol. The zero-order valence-electron chi connectivity index (χ0n) is 11.3. The number of rotatable bonds is 4. The molecule has 0 aliphatic rings. The fourth-order valence-corrected chi connectivity index (χ4v) is 2.13. The van der Waals surface area contributed by atoms with E-state index in [1.165, 1.54) is 30.5 Å². The first-order valence-corrected chi connectivity index (χ1v) is 6.40. The Kier molecular flexibility index (Phi) is 3.61. The zero-order valence-corrected chi connectivity index (χ0v) is 11.3. The van der Waals surface area contributed by atoms with E-state index in [-0.39, 0.29) is 18.2 Å². The number of nitro groups is 1. The van der Waals surface area contributed by atoms with E-state index in [2.05, 4.69) is 9.97 Å². The van der Waals surface area contributed by atoms with Crippen LogP contribution in [-0.4, -0.2) is 14.9 Å². The molecule has 0 spiro atoms. The molecule has 0 aliphatic carbocycles. The van der Waals surface area contributed by atoms with Gasteiger partial charge in [-0.25, -0.2) is 4.39 Å². The van der Waals surface area contributed by atoms with Crippen molar-refractivity contribution < 1.29 is 14.1 Å². The molecule has 7 heteroatoms. The highest BCUT2D eigenvalue weighted by Crippen LogP contribution is 2.25. The third kappa shape index (κ3) is 2.69. The Balaban J connectivity index is 1.93. The first kappa shape index (κ1) is 13.9. The van der Waals surface area contributed by atoms with Crippen molar-refractivity contribution in [3.8, 4) is 5.75 Å². The molecular weight excluding hydrogens is 289 g/mol. The first-order chi connectivity index (χ1) is 10.6. The van der Waals surface area contributed by atoms with Crippen molar-refractivity contribution in [1.82, 2.24) is 9.97 Å². The van der Waals surface area contributed by atoms with Gasteiger partial charge in [0.05, 0.1) is 5.52 Å². The zero-order chi connectivity index (χ0) is 15.5. The maximum atomic E-state index is 13.6. The summed E-state index contributed by atoms with van der Waals surface area (Å²) in [6, 6.07) is 9.10. The van der Waals surface area contributed by atoms with Gasteiger partial charge in [0.2, 0.25) is 5.75 Å². The van der Waals surface area contributed by atoms with E-state index in [1.54, 1.807) is 18.3 Å². The number of halogens is 1. The summed E-state index contributed by atoms with van der Waals surface area (Å²) in [5.41, 5.74) is 1.10. The molecule has 22 heavy (non-hydrogen) atoms. The normalized spacial score (nSPS) is 10.6. The van der Waals surface area contributed by atoms with Crippen molar-refractivity contribution in [1.29, 1.82) is 0 Å². The number of ether oxygens (including phenoxy) is 1. The topological polar surface area (TPSA) is 78.2 Å². The van der Waals surface area contributed by atoms with Gasteiger partial charge in [-0.1, -0.05) is 6.07 Å². The molecule has 0 saturated heterocycles. The second-order valence-electron chi connectivity index (χ2n) is 4.51. The van der Waals surface area contributed by atoms with Crippen LogP contribution in [0.2, 0.25) is 0 Å². The van der Waals surface area contributed by atoms with E-state index in [1.807, 2.05) is 0 Å². The Morgan fingerprint density at radius 1 is 1.18 bits per heavy atom. The van der Waals surface area contributed by atoms with Gasteiger partial charge in [0, 0.05) is 17.1 Å². The molecule has 2 heterocycles. The minimum atomic E-state index is -0.628. The minimum absolute atomic E-state index is 0.0286. The molecule has 0 amide bonds. The molecule has 0 atom stereocenters. The van der Waals surface area contributed by atoms with E-state index in [9.17, 15) is 14.5 Å². The van der Waals surface area contributed by atoms with Crippen LogP contribution in [-0.2, 0) is 6.61 Å². The van der Waals surface area contributed by atoms with Crippen LogP contribution in [0.15, 0.2) is 48.8 Å². The van der Waals surface area contributed by atoms with Crippen LogP contribution in [0.3, 0.4) is 0 Å². The Morgan fingerprint density at radius 3 is 2.77 bits per heavy atom. The van der Waals surface area contributed by atoms with Gasteiger partial charge in [-0.15, -0.1) is 0 Å². The van der Waals surface area contributed by atoms with Crippen molar-refractivity contribution >= 4 is 16.7 Å². The third-order valence-corrected chi connectivity index (χ3v) is 3.06. The van der Waals surface area contributed by atoms with E-state index < -0.39 is 10.7 Å². The Labute approximate surface area is 124 Å². The highest BCUT2D eigenvalue weighted by Gasteiger charge is 2.16. The standard InChI is InChI=1S/C15H10FN3O3/c16-12-7-10-3-1-5-17-14(10)11(8-12)9-22-13-4-2-6-18-15(13)19(20)21/h1-8H,9H2. The molecule has 0 radical (unpaired) electrons. The second kappa shape index (κ2) is 5.72. The fourth-order valence-electron chi connectivity index (χ4n) is 2.13. The second-order valence-corrected chi connectivity index (χ2v) is 4.51. The summed E-state index contributed by atoms with van der Waals surface area (Å²) in [6.45, 7) is -0.0438. The van der Waals surface area contributed by atoms with Crippen molar-refractivity contribution in [3.05, 3.63) is 70.3 Å². The molecule has 3 aromatic rings. The van der Waals surface area contributed by atoms with Crippen LogP contribution >= 0.6 is 0 Å². The Bertz CT molecular complexity index is 854. The van der Waals surface area contributed by atoms with Gasteiger partial charge in [-0.05, 0) is 40.2 Å². The van der Waals surface area contributed by atoms with Gasteiger partial charge in [-0.3, -0.25) is 4.98 Å². The number of benzene rings is 1. The maximum absolute atomic E-state index is 13.6. The van der Waals surface area contributed by atoms with Gasteiger partial charge >= 0.3 is 5.82 Å². The molecule has 1 aromatic carbocycles. The summed E-state index contributed by atoms with van der Waals surface area (Å²) in [6.07, 6.45) is 2.90. The van der Waals surface area contributed by atoms with Crippen molar-refractivity contribution in [2.45, 2.75) is 6.61 Å². The van der Waals surface area contributed by atoms with Crippen LogP contribution in [0.4, 0.5) is 10.2 Å². The van der Waals surface area contributed by atoms with Gasteiger partial charge in [0.25, 0.3) is 0 Å². The van der Waals surface area contributed by atoms with E-state index in [0.717, 1.165) is 0 Å². The van der Waals surface area contributed by atoms with E-state index in [0.29, 0.717) is 16.5 Å². The number of hydrogen-bond acceptors (Lipinski definition) is 5. The van der Waals surface area contributed by atoms with Crippen molar-refractivity contribution in [2.24, 2.45) is 0 Å². The summed E-state index contributed by atoms with van der Waals surface area (Å²) in [7, 11) is 0. The van der Waals surface area contributed by atoms with E-state index >= 15 is 0 Å². The quantitative estimate of drug-likeness (QED) is 0.546. The smallest absolute Gasteiger partial charge is 0.406 e. The fraction of sp³-hybridized carbons (Fsp3) is 0.0667.